The molecule has 0 radical (unpaired) electrons. The molecule has 6 nitrogen and oxygen atoms in total. The summed E-state index contributed by atoms with van der Waals surface area (Å²) in [6.07, 6.45) is -0.832. The summed E-state index contributed by atoms with van der Waals surface area (Å²) in [7, 11) is -4.09. The predicted octanol–water partition coefficient (Wildman–Crippen LogP) is 2.08. The Labute approximate surface area is 155 Å². The molecular formula is C16H14F3NO5S2. The second-order valence-electron chi connectivity index (χ2n) is 6.00. The SMILES string of the molecule is O=C(NC1=CC=C(c2ccc(OC(F)(F)F)cc2)S1=S(=O)=O)C1(CO)CC1. The number of allylic oxidation sites excluding steroid dienone is 2. The Balaban J connectivity index is 1.80. The quantitative estimate of drug-likeness (QED) is 0.760. The number of alkyl halides is 3. The maximum Gasteiger partial charge on any atom is 0.573 e. The minimum Gasteiger partial charge on any atom is -0.406 e. The van der Waals surface area contributed by atoms with Crippen LogP contribution in [0, 0.1) is 5.41 Å². The number of aliphatic hydroxyl groups is 1. The minimum atomic E-state index is -4.82. The van der Waals surface area contributed by atoms with Gasteiger partial charge in [-0.1, -0.05) is 12.1 Å². The number of hydrogen-bond acceptors (Lipinski definition) is 5. The van der Waals surface area contributed by atoms with Crippen molar-refractivity contribution >= 4 is 29.5 Å². The number of rotatable bonds is 5. The van der Waals surface area contributed by atoms with E-state index in [-0.39, 0.29) is 11.6 Å². The topological polar surface area (TPSA) is 92.7 Å². The van der Waals surface area contributed by atoms with Crippen LogP contribution >= 0.6 is 0 Å². The van der Waals surface area contributed by atoms with Crippen molar-refractivity contribution in [2.75, 3.05) is 6.61 Å². The van der Waals surface area contributed by atoms with Crippen molar-refractivity contribution in [2.24, 2.45) is 5.41 Å². The van der Waals surface area contributed by atoms with Crippen molar-refractivity contribution in [1.29, 1.82) is 0 Å². The van der Waals surface area contributed by atoms with Gasteiger partial charge in [0.05, 0.1) is 17.1 Å². The molecule has 0 aromatic heterocycles. The van der Waals surface area contributed by atoms with E-state index in [4.69, 9.17) is 0 Å². The molecule has 0 spiro atoms. The Morgan fingerprint density at radius 2 is 1.85 bits per heavy atom. The van der Waals surface area contributed by atoms with E-state index in [1.54, 1.807) is 0 Å². The lowest BCUT2D eigenvalue weighted by molar-refractivity contribution is -0.274. The summed E-state index contributed by atoms with van der Waals surface area (Å²) in [5.74, 6) is -0.865. The van der Waals surface area contributed by atoms with Crippen molar-refractivity contribution in [3.8, 4) is 5.75 Å². The summed E-state index contributed by atoms with van der Waals surface area (Å²) >= 11 is 0. The molecule has 1 aliphatic carbocycles. The zero-order valence-electron chi connectivity index (χ0n) is 13.6. The molecule has 2 aliphatic rings. The Hall–Kier alpha value is -2.11. The fraction of sp³-hybridized carbons (Fsp3) is 0.312. The van der Waals surface area contributed by atoms with Gasteiger partial charge in [-0.3, -0.25) is 4.79 Å². The van der Waals surface area contributed by atoms with Gasteiger partial charge in [-0.25, -0.2) is 0 Å². The van der Waals surface area contributed by atoms with Crippen molar-refractivity contribution in [2.45, 2.75) is 19.2 Å². The van der Waals surface area contributed by atoms with Crippen LogP contribution in [-0.2, 0) is 23.5 Å². The number of carbonyl (C=O) groups excluding carboxylic acids is 1. The van der Waals surface area contributed by atoms with Crippen LogP contribution < -0.4 is 10.1 Å². The molecule has 1 saturated carbocycles. The third kappa shape index (κ3) is 4.25. The Kier molecular flexibility index (Phi) is 5.19. The summed E-state index contributed by atoms with van der Waals surface area (Å²) in [6.45, 7) is -0.318. The Bertz CT molecular complexity index is 966. The highest BCUT2D eigenvalue weighted by atomic mass is 32.9. The first kappa shape index (κ1) is 19.6. The maximum atomic E-state index is 12.2. The summed E-state index contributed by atoms with van der Waals surface area (Å²) in [4.78, 5) is 12.6. The van der Waals surface area contributed by atoms with Gasteiger partial charge in [0.15, 0.2) is 0 Å². The fourth-order valence-electron chi connectivity index (χ4n) is 2.50. The molecule has 1 fully saturated rings. The standard InChI is InChI=1S/C16H14F3NO5S2/c17-16(18,19)25-11-3-1-10(2-4-11)12-5-6-13(26(12)27(23)24)20-14(22)15(9-21)7-8-15/h1-6,21H,7-9H2,(H,20,22). The lowest BCUT2D eigenvalue weighted by Crippen LogP contribution is -2.34. The molecule has 0 bridgehead atoms. The van der Waals surface area contributed by atoms with Gasteiger partial charge in [0.25, 0.3) is 9.26 Å². The molecule has 1 unspecified atom stereocenters. The molecule has 1 atom stereocenters. The number of amides is 1. The molecule has 11 heteroatoms. The van der Waals surface area contributed by atoms with Gasteiger partial charge in [-0.2, -0.15) is 8.42 Å². The van der Waals surface area contributed by atoms with Crippen molar-refractivity contribution < 1.29 is 36.2 Å². The first-order chi connectivity index (χ1) is 12.6. The van der Waals surface area contributed by atoms with Gasteiger partial charge in [0, 0.05) is 14.4 Å². The Morgan fingerprint density at radius 1 is 1.22 bits per heavy atom. The molecule has 27 heavy (non-hydrogen) atoms. The summed E-state index contributed by atoms with van der Waals surface area (Å²) in [5.41, 5.74) is -0.472. The van der Waals surface area contributed by atoms with E-state index in [9.17, 15) is 31.5 Å². The molecule has 1 aromatic rings. The molecule has 2 N–H and O–H groups in total. The van der Waals surface area contributed by atoms with E-state index in [0.717, 1.165) is 12.1 Å². The van der Waals surface area contributed by atoms with Gasteiger partial charge in [-0.15, -0.1) is 13.2 Å². The molecule has 3 rings (SSSR count). The second kappa shape index (κ2) is 7.13. The van der Waals surface area contributed by atoms with Crippen LogP contribution in [0.25, 0.3) is 4.91 Å². The van der Waals surface area contributed by atoms with Crippen LogP contribution in [0.4, 0.5) is 13.2 Å². The predicted molar refractivity (Wildman–Crippen MR) is 92.4 cm³/mol. The zero-order valence-corrected chi connectivity index (χ0v) is 15.2. The molecule has 1 amide bonds. The lowest BCUT2D eigenvalue weighted by atomic mass is 10.1. The first-order valence-electron chi connectivity index (χ1n) is 7.70. The monoisotopic (exact) mass is 421 g/mol. The number of hydrogen-bond donors (Lipinski definition) is 2. The first-order valence-corrected chi connectivity index (χ1v) is 10.5. The molecule has 1 aliphatic heterocycles. The fourth-order valence-corrected chi connectivity index (χ4v) is 5.58. The molecule has 0 saturated heterocycles. The van der Waals surface area contributed by atoms with E-state index in [2.05, 4.69) is 10.1 Å². The number of aliphatic hydroxyl groups excluding tert-OH is 1. The normalized spacial score (nSPS) is 20.5. The van der Waals surface area contributed by atoms with Crippen molar-refractivity contribution in [1.82, 2.24) is 5.32 Å². The molecule has 1 heterocycles. The number of halogens is 3. The highest BCUT2D eigenvalue weighted by molar-refractivity contribution is 8.40. The Morgan fingerprint density at radius 3 is 2.33 bits per heavy atom. The number of nitrogens with one attached hydrogen (secondary N) is 1. The highest BCUT2D eigenvalue weighted by Gasteiger charge is 2.49. The van der Waals surface area contributed by atoms with E-state index >= 15 is 0 Å². The van der Waals surface area contributed by atoms with Crippen LogP contribution in [0.1, 0.15) is 18.4 Å². The van der Waals surface area contributed by atoms with Crippen molar-refractivity contribution in [3.63, 3.8) is 0 Å². The summed E-state index contributed by atoms with van der Waals surface area (Å²) in [6, 6.07) is 4.80. The second-order valence-corrected chi connectivity index (χ2v) is 9.64. The average molecular weight is 421 g/mol. The van der Waals surface area contributed by atoms with E-state index in [1.807, 2.05) is 0 Å². The molecule has 1 aromatic carbocycles. The molecular weight excluding hydrogens is 407 g/mol. The maximum absolute atomic E-state index is 12.2. The third-order valence-corrected chi connectivity index (χ3v) is 7.74. The average Bonchev–Trinajstić information content (AvgIpc) is 3.28. The van der Waals surface area contributed by atoms with Crippen LogP contribution in [-0.4, -0.2) is 32.4 Å². The van der Waals surface area contributed by atoms with Gasteiger partial charge in [0.2, 0.25) is 5.91 Å². The third-order valence-electron chi connectivity index (χ3n) is 4.17. The summed E-state index contributed by atoms with van der Waals surface area (Å²) in [5, 5.41) is 12.0. The minimum absolute atomic E-state index is 0.165. The number of carbonyl (C=O) groups is 1. The zero-order chi connectivity index (χ0) is 19.8. The van der Waals surface area contributed by atoms with Crippen molar-refractivity contribution in [3.05, 3.63) is 47.0 Å². The summed E-state index contributed by atoms with van der Waals surface area (Å²) < 4.78 is 63.9. The van der Waals surface area contributed by atoms with Gasteiger partial charge in [-0.05, 0) is 42.7 Å². The smallest absolute Gasteiger partial charge is 0.406 e. The van der Waals surface area contributed by atoms with Crippen LogP contribution in [0.5, 0.6) is 5.75 Å². The number of ether oxygens (including phenoxy) is 1. The van der Waals surface area contributed by atoms with Gasteiger partial charge >= 0.3 is 6.36 Å². The van der Waals surface area contributed by atoms with Crippen LogP contribution in [0.2, 0.25) is 0 Å². The molecule has 146 valence electrons. The highest BCUT2D eigenvalue weighted by Crippen LogP contribution is 2.45. The van der Waals surface area contributed by atoms with Crippen LogP contribution in [0.15, 0.2) is 41.4 Å². The number of benzene rings is 1. The lowest BCUT2D eigenvalue weighted by Gasteiger charge is -2.14. The largest absolute Gasteiger partial charge is 0.573 e. The van der Waals surface area contributed by atoms with E-state index in [0.29, 0.717) is 23.3 Å². The van der Waals surface area contributed by atoms with E-state index < -0.39 is 42.2 Å². The van der Waals surface area contributed by atoms with Crippen LogP contribution in [0.3, 0.4) is 0 Å². The van der Waals surface area contributed by atoms with E-state index in [1.165, 1.54) is 24.3 Å². The van der Waals surface area contributed by atoms with Gasteiger partial charge in [0.1, 0.15) is 5.75 Å². The van der Waals surface area contributed by atoms with Gasteiger partial charge < -0.3 is 15.2 Å².